The molecule has 64 valence electrons. The Morgan fingerprint density at radius 1 is 1.25 bits per heavy atom. The fourth-order valence-electron chi connectivity index (χ4n) is 1.21. The third kappa shape index (κ3) is 1.67. The highest BCUT2D eigenvalue weighted by Gasteiger charge is 2.06. The van der Waals surface area contributed by atoms with Crippen LogP contribution in [0.25, 0.3) is 0 Å². The first-order valence-corrected chi connectivity index (χ1v) is 4.18. The number of rotatable bonds is 1. The van der Waals surface area contributed by atoms with E-state index in [0.29, 0.717) is 10.6 Å². The average molecular weight is 183 g/mol. The molecule has 0 fully saturated rings. The summed E-state index contributed by atoms with van der Waals surface area (Å²) in [6.45, 7) is 5.40. The van der Waals surface area contributed by atoms with Crippen LogP contribution in [0.2, 0.25) is 5.02 Å². The molecule has 1 aromatic rings. The molecule has 0 aromatic heterocycles. The number of carbonyl (C=O) groups excluding carboxylic acids is 1. The molecule has 0 aliphatic carbocycles. The highest BCUT2D eigenvalue weighted by molar-refractivity contribution is 6.31. The van der Waals surface area contributed by atoms with Gasteiger partial charge in [-0.2, -0.15) is 0 Å². The molecular formula is C10H11ClO. The Morgan fingerprint density at radius 3 is 2.33 bits per heavy atom. The fraction of sp³-hybridized carbons (Fsp3) is 0.300. The highest BCUT2D eigenvalue weighted by atomic mass is 35.5. The van der Waals surface area contributed by atoms with Gasteiger partial charge in [-0.3, -0.25) is 4.79 Å². The normalized spacial score (nSPS) is 10.0. The first kappa shape index (κ1) is 9.27. The number of hydrogen-bond acceptors (Lipinski definition) is 1. The third-order valence-electron chi connectivity index (χ3n) is 1.88. The van der Waals surface area contributed by atoms with Crippen molar-refractivity contribution >= 4 is 17.4 Å². The monoisotopic (exact) mass is 182 g/mol. The molecule has 12 heavy (non-hydrogen) atoms. The van der Waals surface area contributed by atoms with Gasteiger partial charge in [0.25, 0.3) is 0 Å². The summed E-state index contributed by atoms with van der Waals surface area (Å²) >= 11 is 5.88. The van der Waals surface area contributed by atoms with Crippen LogP contribution in [-0.4, -0.2) is 5.78 Å². The zero-order valence-electron chi connectivity index (χ0n) is 7.44. The lowest BCUT2D eigenvalue weighted by Crippen LogP contribution is -1.96. The van der Waals surface area contributed by atoms with E-state index in [1.165, 1.54) is 0 Å². The Labute approximate surface area is 77.4 Å². The summed E-state index contributed by atoms with van der Waals surface area (Å²) in [7, 11) is 0. The van der Waals surface area contributed by atoms with Gasteiger partial charge in [-0.25, -0.2) is 0 Å². The Morgan fingerprint density at radius 2 is 1.83 bits per heavy atom. The number of hydrogen-bond donors (Lipinski definition) is 0. The summed E-state index contributed by atoms with van der Waals surface area (Å²) in [6.07, 6.45) is 0. The molecule has 0 saturated carbocycles. The maximum atomic E-state index is 11.1. The van der Waals surface area contributed by atoms with Gasteiger partial charge in [0.15, 0.2) is 5.78 Å². The van der Waals surface area contributed by atoms with Gasteiger partial charge < -0.3 is 0 Å². The molecule has 0 aliphatic heterocycles. The molecule has 0 spiro atoms. The van der Waals surface area contributed by atoms with Crippen molar-refractivity contribution in [2.75, 3.05) is 0 Å². The van der Waals surface area contributed by atoms with Crippen LogP contribution >= 0.6 is 11.6 Å². The van der Waals surface area contributed by atoms with Crippen molar-refractivity contribution in [3.63, 3.8) is 0 Å². The minimum Gasteiger partial charge on any atom is -0.295 e. The van der Waals surface area contributed by atoms with Crippen molar-refractivity contribution in [2.24, 2.45) is 0 Å². The maximum absolute atomic E-state index is 11.1. The second kappa shape index (κ2) is 3.28. The molecule has 1 rings (SSSR count). The van der Waals surface area contributed by atoms with E-state index in [0.717, 1.165) is 11.1 Å². The fourth-order valence-corrected chi connectivity index (χ4v) is 1.37. The summed E-state index contributed by atoms with van der Waals surface area (Å²) < 4.78 is 0. The molecule has 0 N–H and O–H groups in total. The van der Waals surface area contributed by atoms with E-state index < -0.39 is 0 Å². The van der Waals surface area contributed by atoms with Crippen molar-refractivity contribution in [3.8, 4) is 0 Å². The van der Waals surface area contributed by atoms with Gasteiger partial charge in [0.05, 0.1) is 0 Å². The number of aryl methyl sites for hydroxylation is 2. The molecule has 1 nitrogen and oxygen atoms in total. The van der Waals surface area contributed by atoms with E-state index in [2.05, 4.69) is 0 Å². The lowest BCUT2D eigenvalue weighted by atomic mass is 10.0. The topological polar surface area (TPSA) is 17.1 Å². The summed E-state index contributed by atoms with van der Waals surface area (Å²) in [5, 5.41) is 0.658. The minimum atomic E-state index is 0.0643. The molecule has 0 amide bonds. The molecule has 0 radical (unpaired) electrons. The number of benzene rings is 1. The maximum Gasteiger partial charge on any atom is 0.160 e. The smallest absolute Gasteiger partial charge is 0.160 e. The number of halogens is 1. The van der Waals surface area contributed by atoms with Crippen LogP contribution in [0.3, 0.4) is 0 Å². The SMILES string of the molecule is CC(=O)c1cc(Cl)c(C)cc1C. The summed E-state index contributed by atoms with van der Waals surface area (Å²) in [6, 6.07) is 3.66. The van der Waals surface area contributed by atoms with Gasteiger partial charge in [-0.05, 0) is 38.0 Å². The Bertz CT molecular complexity index is 329. The van der Waals surface area contributed by atoms with Crippen molar-refractivity contribution in [3.05, 3.63) is 33.8 Å². The first-order valence-electron chi connectivity index (χ1n) is 3.80. The van der Waals surface area contributed by atoms with E-state index >= 15 is 0 Å². The van der Waals surface area contributed by atoms with Gasteiger partial charge >= 0.3 is 0 Å². The standard InChI is InChI=1S/C10H11ClO/c1-6-4-7(2)10(11)5-9(6)8(3)12/h4-5H,1-3H3. The molecule has 0 atom stereocenters. The summed E-state index contributed by atoms with van der Waals surface area (Å²) in [5.41, 5.74) is 2.72. The highest BCUT2D eigenvalue weighted by Crippen LogP contribution is 2.20. The summed E-state index contributed by atoms with van der Waals surface area (Å²) in [5.74, 6) is 0.0643. The Kier molecular flexibility index (Phi) is 2.53. The zero-order valence-corrected chi connectivity index (χ0v) is 8.20. The van der Waals surface area contributed by atoms with Gasteiger partial charge in [-0.1, -0.05) is 17.7 Å². The lowest BCUT2D eigenvalue weighted by Gasteiger charge is -2.04. The van der Waals surface area contributed by atoms with Crippen molar-refractivity contribution in [1.29, 1.82) is 0 Å². The second-order valence-electron chi connectivity index (χ2n) is 2.97. The molecule has 1 aromatic carbocycles. The average Bonchev–Trinajstić information content (AvgIpc) is 1.96. The molecule has 0 aliphatic rings. The second-order valence-corrected chi connectivity index (χ2v) is 3.38. The van der Waals surface area contributed by atoms with Crippen molar-refractivity contribution in [2.45, 2.75) is 20.8 Å². The number of ketones is 1. The minimum absolute atomic E-state index is 0.0643. The van der Waals surface area contributed by atoms with Crippen LogP contribution in [0, 0.1) is 13.8 Å². The van der Waals surface area contributed by atoms with Crippen LogP contribution in [0.5, 0.6) is 0 Å². The number of carbonyl (C=O) groups is 1. The molecule has 2 heteroatoms. The van der Waals surface area contributed by atoms with E-state index in [4.69, 9.17) is 11.6 Å². The van der Waals surface area contributed by atoms with E-state index in [1.807, 2.05) is 19.9 Å². The van der Waals surface area contributed by atoms with Crippen LogP contribution in [-0.2, 0) is 0 Å². The molecule has 0 unspecified atom stereocenters. The van der Waals surface area contributed by atoms with E-state index in [9.17, 15) is 4.79 Å². The van der Waals surface area contributed by atoms with Crippen LogP contribution < -0.4 is 0 Å². The van der Waals surface area contributed by atoms with Gasteiger partial charge in [0.2, 0.25) is 0 Å². The van der Waals surface area contributed by atoms with Crippen LogP contribution in [0.4, 0.5) is 0 Å². The van der Waals surface area contributed by atoms with Crippen LogP contribution in [0.15, 0.2) is 12.1 Å². The molecular weight excluding hydrogens is 172 g/mol. The lowest BCUT2D eigenvalue weighted by molar-refractivity contribution is 0.101. The van der Waals surface area contributed by atoms with E-state index in [1.54, 1.807) is 13.0 Å². The quantitative estimate of drug-likeness (QED) is 0.610. The van der Waals surface area contributed by atoms with E-state index in [-0.39, 0.29) is 5.78 Å². The summed E-state index contributed by atoms with van der Waals surface area (Å²) in [4.78, 5) is 11.1. The Hall–Kier alpha value is -0.820. The largest absolute Gasteiger partial charge is 0.295 e. The molecule has 0 bridgehead atoms. The predicted molar refractivity (Wildman–Crippen MR) is 50.9 cm³/mol. The van der Waals surface area contributed by atoms with Crippen molar-refractivity contribution in [1.82, 2.24) is 0 Å². The Balaban J connectivity index is 3.33. The molecule has 0 heterocycles. The molecule has 0 saturated heterocycles. The first-order chi connectivity index (χ1) is 5.52. The predicted octanol–water partition coefficient (Wildman–Crippen LogP) is 3.16. The number of Topliss-reactive ketones (excluding diaryl/α,β-unsaturated/α-hetero) is 1. The van der Waals surface area contributed by atoms with Gasteiger partial charge in [-0.15, -0.1) is 0 Å². The van der Waals surface area contributed by atoms with Crippen LogP contribution in [0.1, 0.15) is 28.4 Å². The van der Waals surface area contributed by atoms with Gasteiger partial charge in [0.1, 0.15) is 0 Å². The zero-order chi connectivity index (χ0) is 9.30. The third-order valence-corrected chi connectivity index (χ3v) is 2.29. The van der Waals surface area contributed by atoms with Crippen molar-refractivity contribution < 1.29 is 4.79 Å². The van der Waals surface area contributed by atoms with Gasteiger partial charge in [0, 0.05) is 10.6 Å².